The molecule has 0 aliphatic carbocycles. The van der Waals surface area contributed by atoms with Gasteiger partial charge in [0.25, 0.3) is 0 Å². The number of ketones is 1. The summed E-state index contributed by atoms with van der Waals surface area (Å²) in [5.74, 6) is -1.82. The summed E-state index contributed by atoms with van der Waals surface area (Å²) in [7, 11) is 0. The van der Waals surface area contributed by atoms with Gasteiger partial charge in [0.15, 0.2) is 17.4 Å². The molecule has 20 heavy (non-hydrogen) atoms. The van der Waals surface area contributed by atoms with Crippen LogP contribution in [0.25, 0.3) is 0 Å². The van der Waals surface area contributed by atoms with Crippen molar-refractivity contribution in [3.8, 4) is 5.75 Å². The Balaban J connectivity index is 2.30. The van der Waals surface area contributed by atoms with Gasteiger partial charge in [-0.2, -0.15) is 0 Å². The molecule has 2 aromatic rings. The maximum absolute atomic E-state index is 13.2. The molecular weight excluding hydrogens is 262 g/mol. The highest BCUT2D eigenvalue weighted by molar-refractivity contribution is 6.09. The lowest BCUT2D eigenvalue weighted by atomic mass is 10.0. The van der Waals surface area contributed by atoms with Crippen LogP contribution in [0.5, 0.6) is 5.75 Å². The van der Waals surface area contributed by atoms with Crippen molar-refractivity contribution >= 4 is 5.78 Å². The number of ether oxygens (including phenoxy) is 1. The van der Waals surface area contributed by atoms with Crippen molar-refractivity contribution in [3.05, 3.63) is 65.2 Å². The zero-order chi connectivity index (χ0) is 14.7. The summed E-state index contributed by atoms with van der Waals surface area (Å²) >= 11 is 0. The van der Waals surface area contributed by atoms with E-state index in [-0.39, 0.29) is 17.5 Å². The minimum atomic E-state index is -1.04. The second-order valence-electron chi connectivity index (χ2n) is 4.65. The van der Waals surface area contributed by atoms with Gasteiger partial charge < -0.3 is 4.74 Å². The van der Waals surface area contributed by atoms with E-state index in [4.69, 9.17) is 4.74 Å². The Labute approximate surface area is 116 Å². The zero-order valence-corrected chi connectivity index (χ0v) is 11.2. The summed E-state index contributed by atoms with van der Waals surface area (Å²) < 4.78 is 31.5. The van der Waals surface area contributed by atoms with E-state index < -0.39 is 11.6 Å². The first kappa shape index (κ1) is 14.2. The van der Waals surface area contributed by atoms with Crippen LogP contribution in [-0.4, -0.2) is 11.9 Å². The first-order valence-electron chi connectivity index (χ1n) is 6.24. The van der Waals surface area contributed by atoms with Gasteiger partial charge in [-0.25, -0.2) is 8.78 Å². The number of hydrogen-bond donors (Lipinski definition) is 0. The van der Waals surface area contributed by atoms with E-state index in [9.17, 15) is 13.6 Å². The van der Waals surface area contributed by atoms with Gasteiger partial charge in [0, 0.05) is 11.1 Å². The predicted octanol–water partition coefficient (Wildman–Crippen LogP) is 3.98. The van der Waals surface area contributed by atoms with Crippen LogP contribution in [0.1, 0.15) is 29.8 Å². The quantitative estimate of drug-likeness (QED) is 0.789. The monoisotopic (exact) mass is 276 g/mol. The summed E-state index contributed by atoms with van der Waals surface area (Å²) in [4.78, 5) is 12.2. The number of hydrogen-bond acceptors (Lipinski definition) is 2. The second-order valence-corrected chi connectivity index (χ2v) is 4.65. The molecule has 104 valence electrons. The lowest BCUT2D eigenvalue weighted by Crippen LogP contribution is -2.07. The van der Waals surface area contributed by atoms with Crippen LogP contribution >= 0.6 is 0 Å². The fourth-order valence-electron chi connectivity index (χ4n) is 1.79. The van der Waals surface area contributed by atoms with E-state index in [1.165, 1.54) is 6.07 Å². The average Bonchev–Trinajstić information content (AvgIpc) is 2.40. The van der Waals surface area contributed by atoms with E-state index in [2.05, 4.69) is 0 Å². The maximum Gasteiger partial charge on any atom is 0.193 e. The highest BCUT2D eigenvalue weighted by atomic mass is 19.2. The SMILES string of the molecule is CC(C)Oc1cccc(C(=O)c2ccc(F)c(F)c2)c1. The molecule has 0 atom stereocenters. The number of halogens is 2. The van der Waals surface area contributed by atoms with Gasteiger partial charge in [-0.05, 0) is 44.2 Å². The zero-order valence-electron chi connectivity index (χ0n) is 11.2. The van der Waals surface area contributed by atoms with Crippen LogP contribution in [0, 0.1) is 11.6 Å². The molecule has 4 heteroatoms. The van der Waals surface area contributed by atoms with Crippen molar-refractivity contribution in [2.24, 2.45) is 0 Å². The van der Waals surface area contributed by atoms with Gasteiger partial charge in [-0.3, -0.25) is 4.79 Å². The molecule has 0 amide bonds. The third-order valence-electron chi connectivity index (χ3n) is 2.65. The molecular formula is C16H14F2O2. The number of carbonyl (C=O) groups excluding carboxylic acids is 1. The van der Waals surface area contributed by atoms with Gasteiger partial charge in [-0.15, -0.1) is 0 Å². The summed E-state index contributed by atoms with van der Waals surface area (Å²) in [6.45, 7) is 3.76. The summed E-state index contributed by atoms with van der Waals surface area (Å²) in [6, 6.07) is 9.72. The molecule has 0 saturated heterocycles. The Hall–Kier alpha value is -2.23. The standard InChI is InChI=1S/C16H14F2O2/c1-10(2)20-13-5-3-4-11(8-13)16(19)12-6-7-14(17)15(18)9-12/h3-10H,1-2H3. The molecule has 0 aromatic heterocycles. The minimum absolute atomic E-state index is 0.0105. The Morgan fingerprint density at radius 3 is 2.35 bits per heavy atom. The lowest BCUT2D eigenvalue weighted by molar-refractivity contribution is 0.103. The molecule has 0 aliphatic rings. The smallest absolute Gasteiger partial charge is 0.193 e. The van der Waals surface area contributed by atoms with Gasteiger partial charge in [0.05, 0.1) is 6.10 Å². The predicted molar refractivity (Wildman–Crippen MR) is 72.0 cm³/mol. The maximum atomic E-state index is 13.2. The van der Waals surface area contributed by atoms with Crippen molar-refractivity contribution in [2.75, 3.05) is 0 Å². The van der Waals surface area contributed by atoms with Crippen LogP contribution in [0.15, 0.2) is 42.5 Å². The molecule has 0 bridgehead atoms. The van der Waals surface area contributed by atoms with Gasteiger partial charge in [-0.1, -0.05) is 12.1 Å². The fourth-order valence-corrected chi connectivity index (χ4v) is 1.79. The van der Waals surface area contributed by atoms with Crippen LogP contribution in [0.3, 0.4) is 0 Å². The average molecular weight is 276 g/mol. The molecule has 0 spiro atoms. The summed E-state index contributed by atoms with van der Waals surface area (Å²) in [5.41, 5.74) is 0.472. The highest BCUT2D eigenvalue weighted by Crippen LogP contribution is 2.19. The molecule has 0 heterocycles. The van der Waals surface area contributed by atoms with Gasteiger partial charge >= 0.3 is 0 Å². The second kappa shape index (κ2) is 5.82. The highest BCUT2D eigenvalue weighted by Gasteiger charge is 2.13. The fraction of sp³-hybridized carbons (Fsp3) is 0.188. The van der Waals surface area contributed by atoms with Crippen LogP contribution in [0.4, 0.5) is 8.78 Å². The lowest BCUT2D eigenvalue weighted by Gasteiger charge is -2.10. The Morgan fingerprint density at radius 1 is 1.00 bits per heavy atom. The molecule has 0 saturated carbocycles. The molecule has 2 aromatic carbocycles. The number of benzene rings is 2. The van der Waals surface area contributed by atoms with Crippen molar-refractivity contribution in [2.45, 2.75) is 20.0 Å². The van der Waals surface area contributed by atoms with Crippen LogP contribution in [0.2, 0.25) is 0 Å². The molecule has 2 rings (SSSR count). The topological polar surface area (TPSA) is 26.3 Å². The van der Waals surface area contributed by atoms with E-state index in [0.29, 0.717) is 11.3 Å². The Kier molecular flexibility index (Phi) is 4.13. The Bertz CT molecular complexity index is 636. The third kappa shape index (κ3) is 3.20. The molecule has 0 unspecified atom stereocenters. The van der Waals surface area contributed by atoms with Gasteiger partial charge in [0.1, 0.15) is 5.75 Å². The first-order valence-corrected chi connectivity index (χ1v) is 6.24. The van der Waals surface area contributed by atoms with E-state index in [1.807, 2.05) is 13.8 Å². The van der Waals surface area contributed by atoms with E-state index in [1.54, 1.807) is 24.3 Å². The molecule has 0 N–H and O–H groups in total. The van der Waals surface area contributed by atoms with Crippen molar-refractivity contribution < 1.29 is 18.3 Å². The first-order chi connectivity index (χ1) is 9.47. The van der Waals surface area contributed by atoms with Crippen molar-refractivity contribution in [1.82, 2.24) is 0 Å². The summed E-state index contributed by atoms with van der Waals surface area (Å²) in [6.07, 6.45) is -0.0105. The van der Waals surface area contributed by atoms with Crippen molar-refractivity contribution in [1.29, 1.82) is 0 Å². The minimum Gasteiger partial charge on any atom is -0.491 e. The van der Waals surface area contributed by atoms with Crippen LogP contribution < -0.4 is 4.74 Å². The van der Waals surface area contributed by atoms with Crippen molar-refractivity contribution in [3.63, 3.8) is 0 Å². The van der Waals surface area contributed by atoms with Gasteiger partial charge in [0.2, 0.25) is 0 Å². The summed E-state index contributed by atoms with van der Waals surface area (Å²) in [5, 5.41) is 0. The molecule has 2 nitrogen and oxygen atoms in total. The molecule has 0 fully saturated rings. The molecule has 0 radical (unpaired) electrons. The number of carbonyl (C=O) groups is 1. The normalized spacial score (nSPS) is 10.7. The third-order valence-corrected chi connectivity index (χ3v) is 2.65. The van der Waals surface area contributed by atoms with E-state index >= 15 is 0 Å². The largest absolute Gasteiger partial charge is 0.491 e. The Morgan fingerprint density at radius 2 is 1.70 bits per heavy atom. The van der Waals surface area contributed by atoms with Crippen LogP contribution in [-0.2, 0) is 0 Å². The van der Waals surface area contributed by atoms with E-state index in [0.717, 1.165) is 12.1 Å². The number of rotatable bonds is 4. The molecule has 0 aliphatic heterocycles.